The van der Waals surface area contributed by atoms with E-state index in [1.165, 1.54) is 16.7 Å². The van der Waals surface area contributed by atoms with E-state index in [-0.39, 0.29) is 66.6 Å². The van der Waals surface area contributed by atoms with Crippen LogP contribution < -0.4 is 11.1 Å². The highest BCUT2D eigenvalue weighted by Gasteiger charge is 2.31. The molecule has 5 rings (SSSR count). The molecule has 1 atom stereocenters. The zero-order valence-corrected chi connectivity index (χ0v) is 24.5. The number of aryl methyl sites for hydroxylation is 1. The van der Waals surface area contributed by atoms with Gasteiger partial charge in [-0.15, -0.1) is 0 Å². The molecular formula is C30H34FN7O5. The van der Waals surface area contributed by atoms with Crippen LogP contribution in [0.5, 0.6) is 5.75 Å². The maximum Gasteiger partial charge on any atom is 0.347 e. The summed E-state index contributed by atoms with van der Waals surface area (Å²) in [4.78, 5) is 60.8. The van der Waals surface area contributed by atoms with Crippen molar-refractivity contribution in [2.45, 2.75) is 66.0 Å². The van der Waals surface area contributed by atoms with Crippen LogP contribution in [0.15, 0.2) is 40.2 Å². The van der Waals surface area contributed by atoms with Crippen molar-refractivity contribution in [3.63, 3.8) is 0 Å². The summed E-state index contributed by atoms with van der Waals surface area (Å²) in [6.45, 7) is 8.49. The van der Waals surface area contributed by atoms with Crippen molar-refractivity contribution in [3.05, 3.63) is 74.2 Å². The van der Waals surface area contributed by atoms with Crippen LogP contribution in [0.1, 0.15) is 62.4 Å². The number of nitrogens with one attached hydrogen (secondary N) is 1. The largest absolute Gasteiger partial charge is 0.503 e. The molecule has 226 valence electrons. The van der Waals surface area contributed by atoms with Gasteiger partial charge in [0.15, 0.2) is 28.7 Å². The Morgan fingerprint density at radius 1 is 1.14 bits per heavy atom. The number of amides is 1. The van der Waals surface area contributed by atoms with Crippen LogP contribution in [0.3, 0.4) is 0 Å². The Morgan fingerprint density at radius 3 is 2.63 bits per heavy atom. The highest BCUT2D eigenvalue weighted by Crippen LogP contribution is 2.26. The molecule has 5 heterocycles. The Labute approximate surface area is 246 Å². The van der Waals surface area contributed by atoms with Gasteiger partial charge < -0.3 is 14.6 Å². The van der Waals surface area contributed by atoms with E-state index in [4.69, 9.17) is 0 Å². The summed E-state index contributed by atoms with van der Waals surface area (Å²) in [7, 11) is 0. The molecule has 1 aliphatic heterocycles. The summed E-state index contributed by atoms with van der Waals surface area (Å²) >= 11 is 0. The molecule has 0 saturated carbocycles. The van der Waals surface area contributed by atoms with Gasteiger partial charge in [0.1, 0.15) is 5.78 Å². The molecule has 12 nitrogen and oxygen atoms in total. The minimum absolute atomic E-state index is 0.0336. The average molecular weight is 592 g/mol. The van der Waals surface area contributed by atoms with Gasteiger partial charge >= 0.3 is 5.69 Å². The molecule has 0 unspecified atom stereocenters. The highest BCUT2D eigenvalue weighted by molar-refractivity contribution is 5.96. The third kappa shape index (κ3) is 5.97. The van der Waals surface area contributed by atoms with Crippen molar-refractivity contribution in [3.8, 4) is 17.1 Å². The molecule has 0 spiro atoms. The van der Waals surface area contributed by atoms with Crippen LogP contribution in [-0.4, -0.2) is 63.4 Å². The van der Waals surface area contributed by atoms with Gasteiger partial charge in [-0.25, -0.2) is 28.7 Å². The number of aromatic nitrogens is 6. The monoisotopic (exact) mass is 591 g/mol. The van der Waals surface area contributed by atoms with E-state index >= 15 is 0 Å². The molecule has 0 saturated heterocycles. The Morgan fingerprint density at radius 2 is 1.91 bits per heavy atom. The van der Waals surface area contributed by atoms with E-state index < -0.39 is 28.6 Å². The SMILES string of the molecule is CC(C)[C@@H](CC(=O)CCc1cc(=O)c(O)c2n1CCN(C(C)C)C2=O)Cc1nc(-c2ccc3n[nH]c(=O)n3c2)ncc1F. The zero-order valence-electron chi connectivity index (χ0n) is 24.5. The van der Waals surface area contributed by atoms with E-state index in [1.54, 1.807) is 21.6 Å². The number of carbonyl (C=O) groups excluding carboxylic acids is 2. The van der Waals surface area contributed by atoms with Crippen molar-refractivity contribution in [2.24, 2.45) is 11.8 Å². The Kier molecular flexibility index (Phi) is 8.25. The van der Waals surface area contributed by atoms with Crippen LogP contribution in [0.2, 0.25) is 0 Å². The van der Waals surface area contributed by atoms with Gasteiger partial charge in [0.2, 0.25) is 5.43 Å². The molecule has 0 bridgehead atoms. The average Bonchev–Trinajstić information content (AvgIpc) is 3.34. The van der Waals surface area contributed by atoms with Crippen LogP contribution in [0.25, 0.3) is 17.0 Å². The van der Waals surface area contributed by atoms with Gasteiger partial charge in [-0.1, -0.05) is 13.8 Å². The fourth-order valence-corrected chi connectivity index (χ4v) is 5.48. The number of aromatic hydroxyl groups is 1. The number of hydrogen-bond donors (Lipinski definition) is 2. The number of fused-ring (bicyclic) bond motifs is 2. The zero-order chi connectivity index (χ0) is 31.0. The van der Waals surface area contributed by atoms with Crippen molar-refractivity contribution in [1.29, 1.82) is 0 Å². The van der Waals surface area contributed by atoms with Gasteiger partial charge in [-0.2, -0.15) is 5.10 Å². The molecule has 13 heteroatoms. The van der Waals surface area contributed by atoms with E-state index in [0.717, 1.165) is 6.20 Å². The molecule has 4 aromatic heterocycles. The van der Waals surface area contributed by atoms with E-state index in [2.05, 4.69) is 20.2 Å². The minimum Gasteiger partial charge on any atom is -0.503 e. The molecule has 0 aromatic carbocycles. The molecule has 0 fully saturated rings. The second-order valence-electron chi connectivity index (χ2n) is 11.6. The predicted octanol–water partition coefficient (Wildman–Crippen LogP) is 2.76. The molecule has 0 radical (unpaired) electrons. The second kappa shape index (κ2) is 11.9. The number of aromatic amines is 1. The predicted molar refractivity (Wildman–Crippen MR) is 155 cm³/mol. The maximum absolute atomic E-state index is 14.9. The molecule has 2 N–H and O–H groups in total. The second-order valence-corrected chi connectivity index (χ2v) is 11.6. The van der Waals surface area contributed by atoms with Gasteiger partial charge in [0.25, 0.3) is 5.91 Å². The number of ketones is 1. The molecule has 1 amide bonds. The van der Waals surface area contributed by atoms with Crippen molar-refractivity contribution in [1.82, 2.24) is 34.0 Å². The first-order valence-electron chi connectivity index (χ1n) is 14.3. The first kappa shape index (κ1) is 29.8. The number of Topliss-reactive ketones (excluding diaryl/α,β-unsaturated/α-hetero) is 1. The van der Waals surface area contributed by atoms with Gasteiger partial charge in [-0.3, -0.25) is 14.4 Å². The van der Waals surface area contributed by atoms with Crippen LogP contribution in [0.4, 0.5) is 4.39 Å². The van der Waals surface area contributed by atoms with Gasteiger partial charge in [0.05, 0.1) is 11.9 Å². The lowest BCUT2D eigenvalue weighted by atomic mass is 9.85. The third-order valence-corrected chi connectivity index (χ3v) is 8.06. The van der Waals surface area contributed by atoms with E-state index in [1.807, 2.05) is 27.7 Å². The van der Waals surface area contributed by atoms with Crippen molar-refractivity contribution >= 4 is 17.3 Å². The van der Waals surface area contributed by atoms with Crippen LogP contribution >= 0.6 is 0 Å². The van der Waals surface area contributed by atoms with E-state index in [9.17, 15) is 28.7 Å². The lowest BCUT2D eigenvalue weighted by molar-refractivity contribution is -0.120. The standard InChI is InChI=1S/C30H34FN7O5/c1-16(2)19(12-23-22(31)14-32-28(33-23)18-5-8-25-34-35-30(43)38(25)15-18)11-21(39)7-6-20-13-24(40)27(41)26-29(42)36(17(3)4)9-10-37(20)26/h5,8,13-17,19,41H,6-7,9-12H2,1-4H3,(H,35,43)/t19-/m0/s1. The minimum atomic E-state index is -0.653. The van der Waals surface area contributed by atoms with Crippen LogP contribution in [0, 0.1) is 17.7 Å². The van der Waals surface area contributed by atoms with Crippen molar-refractivity contribution < 1.29 is 19.1 Å². The normalized spacial score (nSPS) is 14.1. The summed E-state index contributed by atoms with van der Waals surface area (Å²) in [5, 5.41) is 16.6. The topological polar surface area (TPSA) is 156 Å². The van der Waals surface area contributed by atoms with Crippen molar-refractivity contribution in [2.75, 3.05) is 6.54 Å². The number of pyridine rings is 2. The smallest absolute Gasteiger partial charge is 0.347 e. The van der Waals surface area contributed by atoms with Gasteiger partial charge in [0, 0.05) is 55.5 Å². The third-order valence-electron chi connectivity index (χ3n) is 8.06. The Hall–Kier alpha value is -4.68. The lowest BCUT2D eigenvalue weighted by Crippen LogP contribution is -2.46. The number of nitrogens with zero attached hydrogens (tertiary/aromatic N) is 6. The summed E-state index contributed by atoms with van der Waals surface area (Å²) in [5.41, 5.74) is 0.515. The molecular weight excluding hydrogens is 557 g/mol. The summed E-state index contributed by atoms with van der Waals surface area (Å²) in [6.07, 6.45) is 3.33. The highest BCUT2D eigenvalue weighted by atomic mass is 19.1. The Bertz CT molecular complexity index is 1820. The summed E-state index contributed by atoms with van der Waals surface area (Å²) < 4.78 is 17.8. The maximum atomic E-state index is 14.9. The number of H-pyrrole nitrogens is 1. The van der Waals surface area contributed by atoms with Crippen LogP contribution in [-0.2, 0) is 24.2 Å². The first-order valence-corrected chi connectivity index (χ1v) is 14.3. The molecule has 0 aliphatic carbocycles. The number of rotatable bonds is 10. The molecule has 1 aliphatic rings. The summed E-state index contributed by atoms with van der Waals surface area (Å²) in [5.74, 6) is -1.58. The summed E-state index contributed by atoms with van der Waals surface area (Å²) in [6, 6.07) is 4.52. The number of carbonyl (C=O) groups is 2. The number of hydrogen-bond acceptors (Lipinski definition) is 8. The van der Waals surface area contributed by atoms with Gasteiger partial charge in [-0.05, 0) is 50.7 Å². The first-order chi connectivity index (χ1) is 20.4. The Balaban J connectivity index is 1.31. The molecule has 4 aromatic rings. The number of halogens is 1. The van der Waals surface area contributed by atoms with E-state index in [0.29, 0.717) is 30.0 Å². The molecule has 43 heavy (non-hydrogen) atoms. The fourth-order valence-electron chi connectivity index (χ4n) is 5.48. The lowest BCUT2D eigenvalue weighted by Gasteiger charge is -2.34. The fraction of sp³-hybridized carbons (Fsp3) is 0.433. The quantitative estimate of drug-likeness (QED) is 0.285.